The molecule has 0 radical (unpaired) electrons. The van der Waals surface area contributed by atoms with Crippen molar-refractivity contribution in [3.63, 3.8) is 0 Å². The van der Waals surface area contributed by atoms with E-state index in [1.807, 2.05) is 18.2 Å². The summed E-state index contributed by atoms with van der Waals surface area (Å²) in [6.45, 7) is 1.78. The molecule has 2 N–H and O–H groups in total. The van der Waals surface area contributed by atoms with Gasteiger partial charge in [-0.25, -0.2) is 0 Å². The smallest absolute Gasteiger partial charge is 0.296 e. The van der Waals surface area contributed by atoms with Crippen molar-refractivity contribution >= 4 is 34.3 Å². The van der Waals surface area contributed by atoms with Crippen LogP contribution < -0.4 is 10.3 Å². The van der Waals surface area contributed by atoms with Crippen molar-refractivity contribution in [2.45, 2.75) is 6.92 Å². The van der Waals surface area contributed by atoms with Crippen LogP contribution in [0.1, 0.15) is 17.0 Å². The van der Waals surface area contributed by atoms with E-state index >= 15 is 0 Å². The molecule has 0 saturated heterocycles. The van der Waals surface area contributed by atoms with Gasteiger partial charge in [-0.3, -0.25) is 9.79 Å². The van der Waals surface area contributed by atoms with Gasteiger partial charge < -0.3 is 19.2 Å². The summed E-state index contributed by atoms with van der Waals surface area (Å²) in [5, 5.41) is 10.7. The number of aromatic nitrogens is 1. The SMILES string of the molecule is COc1ccc2c(c1)/C(=C/c1oc(O)c3c(=O)[nH]c(C)cc13)C=N2. The van der Waals surface area contributed by atoms with E-state index in [1.165, 1.54) is 0 Å². The molecule has 1 aliphatic heterocycles. The van der Waals surface area contributed by atoms with Crippen molar-refractivity contribution < 1.29 is 14.3 Å². The Kier molecular flexibility index (Phi) is 3.06. The van der Waals surface area contributed by atoms with Crippen LogP contribution in [0.4, 0.5) is 5.69 Å². The van der Waals surface area contributed by atoms with Gasteiger partial charge in [-0.1, -0.05) is 0 Å². The number of methoxy groups -OCH3 is 1. The number of furan rings is 1. The van der Waals surface area contributed by atoms with Crippen molar-refractivity contribution in [3.05, 3.63) is 51.6 Å². The second kappa shape index (κ2) is 5.13. The minimum absolute atomic E-state index is 0.147. The highest BCUT2D eigenvalue weighted by Gasteiger charge is 2.18. The Bertz CT molecular complexity index is 1090. The van der Waals surface area contributed by atoms with Crippen molar-refractivity contribution in [2.75, 3.05) is 7.11 Å². The standard InChI is InChI=1S/C18H14N2O4/c1-9-5-13-15(24-18(22)16(13)17(21)20-9)6-10-8-19-14-4-3-11(23-2)7-12(10)14/h3-8,22H,1-2H3,(H,20,21)/b10-6+. The number of fused-ring (bicyclic) bond motifs is 2. The summed E-state index contributed by atoms with van der Waals surface area (Å²) in [4.78, 5) is 19.0. The van der Waals surface area contributed by atoms with E-state index in [-0.39, 0.29) is 16.9 Å². The normalized spacial score (nSPS) is 14.5. The topological polar surface area (TPSA) is 87.8 Å². The molecule has 1 aromatic carbocycles. The molecule has 0 fully saturated rings. The Labute approximate surface area is 136 Å². The van der Waals surface area contributed by atoms with Crippen molar-refractivity contribution in [2.24, 2.45) is 4.99 Å². The summed E-state index contributed by atoms with van der Waals surface area (Å²) in [5.41, 5.74) is 2.86. The summed E-state index contributed by atoms with van der Waals surface area (Å²) < 4.78 is 10.7. The number of ether oxygens (including phenoxy) is 1. The molecule has 0 spiro atoms. The van der Waals surface area contributed by atoms with Crippen LogP contribution in [-0.4, -0.2) is 23.4 Å². The maximum atomic E-state index is 12.0. The summed E-state index contributed by atoms with van der Waals surface area (Å²) >= 11 is 0. The first-order valence-electron chi connectivity index (χ1n) is 7.36. The molecule has 6 heteroatoms. The van der Waals surface area contributed by atoms with E-state index in [1.54, 1.807) is 32.4 Å². The number of allylic oxidation sites excluding steroid dienone is 1. The molecule has 0 amide bonds. The lowest BCUT2D eigenvalue weighted by molar-refractivity contribution is 0.335. The fourth-order valence-electron chi connectivity index (χ4n) is 2.86. The van der Waals surface area contributed by atoms with Crippen LogP contribution in [0, 0.1) is 6.92 Å². The summed E-state index contributed by atoms with van der Waals surface area (Å²) in [6, 6.07) is 7.37. The molecule has 0 atom stereocenters. The predicted molar refractivity (Wildman–Crippen MR) is 92.3 cm³/mol. The predicted octanol–water partition coefficient (Wildman–Crippen LogP) is 3.40. The number of pyridine rings is 1. The van der Waals surface area contributed by atoms with Crippen molar-refractivity contribution in [3.8, 4) is 11.7 Å². The largest absolute Gasteiger partial charge is 0.497 e. The third kappa shape index (κ3) is 2.11. The number of benzene rings is 1. The molecule has 120 valence electrons. The van der Waals surface area contributed by atoms with E-state index in [9.17, 15) is 9.90 Å². The molecule has 0 bridgehead atoms. The molecular weight excluding hydrogens is 308 g/mol. The number of H-pyrrole nitrogens is 1. The fraction of sp³-hybridized carbons (Fsp3) is 0.111. The lowest BCUT2D eigenvalue weighted by Gasteiger charge is -2.03. The van der Waals surface area contributed by atoms with Crippen molar-refractivity contribution in [1.82, 2.24) is 4.98 Å². The zero-order valence-corrected chi connectivity index (χ0v) is 13.1. The Morgan fingerprint density at radius 3 is 2.96 bits per heavy atom. The minimum Gasteiger partial charge on any atom is -0.497 e. The monoisotopic (exact) mass is 322 g/mol. The lowest BCUT2D eigenvalue weighted by atomic mass is 10.0. The third-order valence-corrected chi connectivity index (χ3v) is 4.00. The van der Waals surface area contributed by atoms with Crippen LogP contribution in [0.25, 0.3) is 22.4 Å². The number of aromatic amines is 1. The van der Waals surface area contributed by atoms with Gasteiger partial charge in [-0.05, 0) is 37.3 Å². The minimum atomic E-state index is -0.390. The highest BCUT2D eigenvalue weighted by atomic mass is 16.5. The number of hydrogen-bond donors (Lipinski definition) is 2. The van der Waals surface area contributed by atoms with Gasteiger partial charge in [0, 0.05) is 28.4 Å². The van der Waals surface area contributed by atoms with Gasteiger partial charge in [-0.2, -0.15) is 0 Å². The molecule has 0 saturated carbocycles. The first kappa shape index (κ1) is 14.3. The maximum absolute atomic E-state index is 12.0. The van der Waals surface area contributed by atoms with Gasteiger partial charge >= 0.3 is 0 Å². The highest BCUT2D eigenvalue weighted by Crippen LogP contribution is 2.37. The Balaban J connectivity index is 1.92. The number of nitrogens with one attached hydrogen (secondary N) is 1. The number of aliphatic imine (C=N–C) groups is 1. The molecule has 2 aromatic heterocycles. The fourth-order valence-corrected chi connectivity index (χ4v) is 2.86. The van der Waals surface area contributed by atoms with E-state index in [2.05, 4.69) is 9.98 Å². The number of rotatable bonds is 2. The molecule has 0 unspecified atom stereocenters. The van der Waals surface area contributed by atoms with E-state index in [0.717, 1.165) is 22.6 Å². The van der Waals surface area contributed by atoms with Crippen LogP contribution in [0.2, 0.25) is 0 Å². The lowest BCUT2D eigenvalue weighted by Crippen LogP contribution is -2.06. The maximum Gasteiger partial charge on any atom is 0.296 e. The Morgan fingerprint density at radius 1 is 1.33 bits per heavy atom. The van der Waals surface area contributed by atoms with E-state index in [0.29, 0.717) is 16.8 Å². The van der Waals surface area contributed by atoms with Crippen LogP contribution >= 0.6 is 0 Å². The van der Waals surface area contributed by atoms with Crippen LogP contribution in [-0.2, 0) is 0 Å². The molecule has 0 aliphatic carbocycles. The molecule has 4 rings (SSSR count). The van der Waals surface area contributed by atoms with Crippen LogP contribution in [0.5, 0.6) is 11.7 Å². The Hall–Kier alpha value is -3.28. The molecule has 1 aliphatic rings. The zero-order chi connectivity index (χ0) is 16.8. The van der Waals surface area contributed by atoms with Gasteiger partial charge in [0.15, 0.2) is 0 Å². The van der Waals surface area contributed by atoms with Crippen LogP contribution in [0.15, 0.2) is 38.5 Å². The number of nitrogens with zero attached hydrogens (tertiary/aromatic N) is 1. The van der Waals surface area contributed by atoms with Gasteiger partial charge in [0.05, 0.1) is 12.8 Å². The molecule has 3 heterocycles. The quantitative estimate of drug-likeness (QED) is 0.757. The summed E-state index contributed by atoms with van der Waals surface area (Å²) in [7, 11) is 1.61. The molecule has 3 aromatic rings. The first-order chi connectivity index (χ1) is 11.6. The van der Waals surface area contributed by atoms with Gasteiger partial charge in [-0.15, -0.1) is 0 Å². The number of aromatic hydroxyl groups is 1. The average Bonchev–Trinajstić information content (AvgIpc) is 3.09. The number of aryl methyl sites for hydroxylation is 1. The highest BCUT2D eigenvalue weighted by molar-refractivity contribution is 6.22. The number of hydrogen-bond acceptors (Lipinski definition) is 5. The van der Waals surface area contributed by atoms with Crippen LogP contribution in [0.3, 0.4) is 0 Å². The van der Waals surface area contributed by atoms with Gasteiger partial charge in [0.2, 0.25) is 0 Å². The van der Waals surface area contributed by atoms with E-state index < -0.39 is 0 Å². The van der Waals surface area contributed by atoms with Gasteiger partial charge in [0.25, 0.3) is 11.5 Å². The van der Waals surface area contributed by atoms with Gasteiger partial charge in [0.1, 0.15) is 16.9 Å². The summed E-state index contributed by atoms with van der Waals surface area (Å²) in [5.74, 6) is 0.748. The second-order valence-electron chi connectivity index (χ2n) is 5.58. The molecule has 24 heavy (non-hydrogen) atoms. The second-order valence-corrected chi connectivity index (χ2v) is 5.58. The molecule has 6 nitrogen and oxygen atoms in total. The first-order valence-corrected chi connectivity index (χ1v) is 7.36. The van der Waals surface area contributed by atoms with E-state index in [4.69, 9.17) is 9.15 Å². The average molecular weight is 322 g/mol. The Morgan fingerprint density at radius 2 is 2.17 bits per heavy atom. The molecular formula is C18H14N2O4. The van der Waals surface area contributed by atoms with Crippen molar-refractivity contribution in [1.29, 1.82) is 0 Å². The summed E-state index contributed by atoms with van der Waals surface area (Å²) in [6.07, 6.45) is 3.48. The zero-order valence-electron chi connectivity index (χ0n) is 13.1. The third-order valence-electron chi connectivity index (χ3n) is 4.00.